The lowest BCUT2D eigenvalue weighted by Crippen LogP contribution is -2.17. The van der Waals surface area contributed by atoms with Crippen LogP contribution < -0.4 is 5.56 Å². The molecule has 0 aliphatic carbocycles. The van der Waals surface area contributed by atoms with Crippen molar-refractivity contribution in [2.75, 3.05) is 0 Å². The molecular weight excluding hydrogens is 246 g/mol. The van der Waals surface area contributed by atoms with E-state index < -0.39 is 0 Å². The molecule has 2 rings (SSSR count). The Kier molecular flexibility index (Phi) is 3.49. The van der Waals surface area contributed by atoms with Gasteiger partial charge in [0, 0.05) is 5.39 Å². The molecule has 0 saturated carbocycles. The van der Waals surface area contributed by atoms with Crippen LogP contribution >= 0.6 is 11.6 Å². The van der Waals surface area contributed by atoms with E-state index in [0.29, 0.717) is 10.5 Å². The average molecular weight is 264 g/mol. The highest BCUT2D eigenvalue weighted by atomic mass is 35.5. The Hall–Kier alpha value is -1.28. The molecule has 2 aromatic rings. The number of fused-ring (bicyclic) bond motifs is 1. The summed E-state index contributed by atoms with van der Waals surface area (Å²) in [7, 11) is 0. The van der Waals surface area contributed by atoms with E-state index in [0.717, 1.165) is 18.2 Å². The lowest BCUT2D eigenvalue weighted by Gasteiger charge is -2.25. The van der Waals surface area contributed by atoms with Crippen LogP contribution in [0.25, 0.3) is 10.8 Å². The Morgan fingerprint density at radius 3 is 2.67 bits per heavy atom. The van der Waals surface area contributed by atoms with Gasteiger partial charge >= 0.3 is 0 Å². The van der Waals surface area contributed by atoms with Gasteiger partial charge in [-0.05, 0) is 34.9 Å². The Balaban J connectivity index is 2.60. The molecule has 1 aromatic carbocycles. The molecule has 0 fully saturated rings. The SMILES string of the molecule is CCCC(C)(C)c1ccc2c(=O)[nH]c(Cl)cc2c1. The zero-order valence-electron chi connectivity index (χ0n) is 11.0. The number of hydrogen-bond donors (Lipinski definition) is 1. The van der Waals surface area contributed by atoms with Gasteiger partial charge in [0.15, 0.2) is 0 Å². The maximum absolute atomic E-state index is 11.7. The van der Waals surface area contributed by atoms with Crippen LogP contribution in [0.3, 0.4) is 0 Å². The minimum absolute atomic E-state index is 0.123. The molecular formula is C15H18ClNO. The largest absolute Gasteiger partial charge is 0.312 e. The first-order chi connectivity index (χ1) is 8.44. The first kappa shape index (κ1) is 13.2. The van der Waals surface area contributed by atoms with Crippen LogP contribution in [-0.2, 0) is 5.41 Å². The van der Waals surface area contributed by atoms with Gasteiger partial charge in [-0.1, -0.05) is 50.9 Å². The molecule has 1 aromatic heterocycles. The van der Waals surface area contributed by atoms with E-state index in [4.69, 9.17) is 11.6 Å². The number of benzene rings is 1. The van der Waals surface area contributed by atoms with E-state index >= 15 is 0 Å². The third kappa shape index (κ3) is 2.44. The highest BCUT2D eigenvalue weighted by Gasteiger charge is 2.19. The summed E-state index contributed by atoms with van der Waals surface area (Å²) in [5, 5.41) is 1.99. The van der Waals surface area contributed by atoms with E-state index in [1.165, 1.54) is 5.56 Å². The van der Waals surface area contributed by atoms with Crippen LogP contribution in [0.4, 0.5) is 0 Å². The highest BCUT2D eigenvalue weighted by molar-refractivity contribution is 6.30. The number of nitrogens with one attached hydrogen (secondary N) is 1. The van der Waals surface area contributed by atoms with Crippen molar-refractivity contribution in [1.29, 1.82) is 0 Å². The maximum Gasteiger partial charge on any atom is 0.256 e. The normalized spacial score (nSPS) is 12.0. The predicted molar refractivity (Wildman–Crippen MR) is 77.5 cm³/mol. The minimum Gasteiger partial charge on any atom is -0.312 e. The average Bonchev–Trinajstić information content (AvgIpc) is 2.27. The van der Waals surface area contributed by atoms with Crippen LogP contribution in [0.15, 0.2) is 29.1 Å². The number of aromatic amines is 1. The Morgan fingerprint density at radius 1 is 1.28 bits per heavy atom. The first-order valence-corrected chi connectivity index (χ1v) is 6.65. The Bertz CT molecular complexity index is 628. The van der Waals surface area contributed by atoms with E-state index in [1.54, 1.807) is 0 Å². The van der Waals surface area contributed by atoms with Crippen LogP contribution in [-0.4, -0.2) is 4.98 Å². The summed E-state index contributed by atoms with van der Waals surface area (Å²) in [5.74, 6) is 0. The number of hydrogen-bond acceptors (Lipinski definition) is 1. The fourth-order valence-electron chi connectivity index (χ4n) is 2.43. The van der Waals surface area contributed by atoms with Crippen LogP contribution in [0, 0.1) is 0 Å². The Labute approximate surface area is 112 Å². The van der Waals surface area contributed by atoms with Crippen molar-refractivity contribution in [3.8, 4) is 0 Å². The first-order valence-electron chi connectivity index (χ1n) is 6.27. The predicted octanol–water partition coefficient (Wildman–Crippen LogP) is 4.26. The second-order valence-corrected chi connectivity index (χ2v) is 5.79. The van der Waals surface area contributed by atoms with Crippen molar-refractivity contribution in [3.05, 3.63) is 45.3 Å². The zero-order chi connectivity index (χ0) is 13.3. The molecule has 2 nitrogen and oxygen atoms in total. The molecule has 0 bridgehead atoms. The van der Waals surface area contributed by atoms with Gasteiger partial charge in [0.2, 0.25) is 0 Å². The molecule has 0 spiro atoms. The quantitative estimate of drug-likeness (QED) is 0.825. The molecule has 1 heterocycles. The van der Waals surface area contributed by atoms with Crippen molar-refractivity contribution in [2.45, 2.75) is 39.0 Å². The van der Waals surface area contributed by atoms with E-state index in [2.05, 4.69) is 31.8 Å². The fraction of sp³-hybridized carbons (Fsp3) is 0.400. The van der Waals surface area contributed by atoms with E-state index in [-0.39, 0.29) is 11.0 Å². The molecule has 0 aliphatic heterocycles. The summed E-state index contributed by atoms with van der Waals surface area (Å²) in [4.78, 5) is 14.4. The van der Waals surface area contributed by atoms with Gasteiger partial charge in [-0.25, -0.2) is 0 Å². The molecule has 96 valence electrons. The summed E-state index contributed by atoms with van der Waals surface area (Å²) in [6, 6.07) is 7.81. The lowest BCUT2D eigenvalue weighted by atomic mass is 9.80. The van der Waals surface area contributed by atoms with E-state index in [9.17, 15) is 4.79 Å². The van der Waals surface area contributed by atoms with Gasteiger partial charge in [-0.15, -0.1) is 0 Å². The molecule has 0 amide bonds. The molecule has 0 unspecified atom stereocenters. The number of halogens is 1. The van der Waals surface area contributed by atoms with Gasteiger partial charge in [0.1, 0.15) is 5.15 Å². The van der Waals surface area contributed by atoms with Crippen LogP contribution in [0.2, 0.25) is 5.15 Å². The summed E-state index contributed by atoms with van der Waals surface area (Å²) in [6.07, 6.45) is 2.26. The number of H-pyrrole nitrogens is 1. The van der Waals surface area contributed by atoms with E-state index in [1.807, 2.05) is 18.2 Å². The third-order valence-corrected chi connectivity index (χ3v) is 3.67. The molecule has 1 N–H and O–H groups in total. The molecule has 3 heteroatoms. The number of rotatable bonds is 3. The lowest BCUT2D eigenvalue weighted by molar-refractivity contribution is 0.473. The summed E-state index contributed by atoms with van der Waals surface area (Å²) >= 11 is 5.90. The highest BCUT2D eigenvalue weighted by Crippen LogP contribution is 2.30. The zero-order valence-corrected chi connectivity index (χ0v) is 11.8. The molecule has 0 aliphatic rings. The van der Waals surface area contributed by atoms with Gasteiger partial charge in [0.05, 0.1) is 0 Å². The van der Waals surface area contributed by atoms with Crippen LogP contribution in [0.1, 0.15) is 39.2 Å². The van der Waals surface area contributed by atoms with Gasteiger partial charge in [-0.2, -0.15) is 0 Å². The van der Waals surface area contributed by atoms with Crippen molar-refractivity contribution in [1.82, 2.24) is 4.98 Å². The standard InChI is InChI=1S/C15H18ClNO/c1-4-7-15(2,3)11-5-6-12-10(8-11)9-13(16)17-14(12)18/h5-6,8-9H,4,7H2,1-3H3,(H,17,18). The van der Waals surface area contributed by atoms with Crippen molar-refractivity contribution in [3.63, 3.8) is 0 Å². The molecule has 0 saturated heterocycles. The summed E-state index contributed by atoms with van der Waals surface area (Å²) in [6.45, 7) is 6.64. The topological polar surface area (TPSA) is 32.9 Å². The van der Waals surface area contributed by atoms with Gasteiger partial charge in [-0.3, -0.25) is 4.79 Å². The maximum atomic E-state index is 11.7. The fourth-order valence-corrected chi connectivity index (χ4v) is 2.63. The molecule has 0 radical (unpaired) electrons. The van der Waals surface area contributed by atoms with Crippen molar-refractivity contribution >= 4 is 22.4 Å². The van der Waals surface area contributed by atoms with Crippen molar-refractivity contribution < 1.29 is 0 Å². The number of pyridine rings is 1. The minimum atomic E-state index is -0.127. The van der Waals surface area contributed by atoms with Gasteiger partial charge in [0.25, 0.3) is 5.56 Å². The number of aromatic nitrogens is 1. The van der Waals surface area contributed by atoms with Gasteiger partial charge < -0.3 is 4.98 Å². The van der Waals surface area contributed by atoms with Crippen molar-refractivity contribution in [2.24, 2.45) is 0 Å². The molecule has 18 heavy (non-hydrogen) atoms. The Morgan fingerprint density at radius 2 is 2.00 bits per heavy atom. The third-order valence-electron chi connectivity index (χ3n) is 3.47. The smallest absolute Gasteiger partial charge is 0.256 e. The molecule has 0 atom stereocenters. The monoisotopic (exact) mass is 263 g/mol. The second-order valence-electron chi connectivity index (χ2n) is 5.38. The summed E-state index contributed by atoms with van der Waals surface area (Å²) in [5.41, 5.74) is 1.24. The summed E-state index contributed by atoms with van der Waals surface area (Å²) < 4.78 is 0. The second kappa shape index (κ2) is 4.77. The van der Waals surface area contributed by atoms with Crippen LogP contribution in [0.5, 0.6) is 0 Å².